The molecule has 2 unspecified atom stereocenters. The van der Waals surface area contributed by atoms with E-state index in [2.05, 4.69) is 11.6 Å². The van der Waals surface area contributed by atoms with Gasteiger partial charge in [-0.15, -0.1) is 0 Å². The molecule has 168 valence electrons. The zero-order valence-corrected chi connectivity index (χ0v) is 18.5. The van der Waals surface area contributed by atoms with E-state index in [4.69, 9.17) is 10.5 Å². The van der Waals surface area contributed by atoms with Crippen LogP contribution in [0.5, 0.6) is 0 Å². The van der Waals surface area contributed by atoms with Crippen molar-refractivity contribution in [2.45, 2.75) is 25.4 Å². The van der Waals surface area contributed by atoms with Crippen LogP contribution in [0, 0.1) is 5.82 Å². The van der Waals surface area contributed by atoms with E-state index < -0.39 is 18.2 Å². The lowest BCUT2D eigenvalue weighted by Gasteiger charge is -2.12. The molecule has 0 amide bonds. The second-order valence-electron chi connectivity index (χ2n) is 6.39. The number of nitrogens with two attached hydrogens (primary N) is 1. The summed E-state index contributed by atoms with van der Waals surface area (Å²) in [6.07, 6.45) is 11.9. The molecule has 1 aromatic heterocycles. The van der Waals surface area contributed by atoms with E-state index in [1.807, 2.05) is 30.5 Å². The minimum Gasteiger partial charge on any atom is -0.388 e. The fourth-order valence-electron chi connectivity index (χ4n) is 2.38. The molecule has 31 heavy (non-hydrogen) atoms. The van der Waals surface area contributed by atoms with Gasteiger partial charge in [0.05, 0.1) is 18.9 Å². The van der Waals surface area contributed by atoms with Crippen molar-refractivity contribution in [2.75, 3.05) is 18.6 Å². The first kappa shape index (κ1) is 26.7. The van der Waals surface area contributed by atoms with E-state index in [0.717, 1.165) is 23.1 Å². The highest BCUT2D eigenvalue weighted by Gasteiger charge is 2.11. The lowest BCUT2D eigenvalue weighted by atomic mass is 10.0. The number of benzene rings is 1. The van der Waals surface area contributed by atoms with Gasteiger partial charge in [0.1, 0.15) is 5.82 Å². The standard InChI is InChI=1S/C14H15FN2O.C10H16O2S/c15-13-9-17-6-5-12(13)7-14(18)11-3-1-10(8-16)2-4-11;1-3-4-5-6-7-10(11)12-8-9-13-2/h1-6,9,14,18H,7-8,16H2;3-7,10-11H,1,8-9H2,2H3/b;5-4-,7-6+. The van der Waals surface area contributed by atoms with Crippen LogP contribution >= 0.6 is 11.8 Å². The van der Waals surface area contributed by atoms with Gasteiger partial charge in [0.2, 0.25) is 0 Å². The molecule has 1 aromatic carbocycles. The number of aliphatic hydroxyl groups excluding tert-OH is 2. The molecule has 0 spiro atoms. The predicted molar refractivity (Wildman–Crippen MR) is 126 cm³/mol. The summed E-state index contributed by atoms with van der Waals surface area (Å²) >= 11 is 1.69. The Balaban J connectivity index is 0.000000330. The molecular weight excluding hydrogens is 415 g/mol. The van der Waals surface area contributed by atoms with E-state index in [1.54, 1.807) is 48.2 Å². The molecule has 0 fully saturated rings. The maximum Gasteiger partial charge on any atom is 0.174 e. The van der Waals surface area contributed by atoms with Gasteiger partial charge in [-0.1, -0.05) is 55.1 Å². The van der Waals surface area contributed by atoms with Crippen molar-refractivity contribution in [1.82, 2.24) is 4.98 Å². The molecule has 0 aliphatic carbocycles. The molecule has 1 heterocycles. The van der Waals surface area contributed by atoms with Crippen LogP contribution in [-0.4, -0.2) is 40.1 Å². The average molecular weight is 447 g/mol. The topological polar surface area (TPSA) is 88.6 Å². The second kappa shape index (κ2) is 16.4. The van der Waals surface area contributed by atoms with Gasteiger partial charge in [-0.2, -0.15) is 11.8 Å². The molecule has 0 saturated heterocycles. The molecule has 2 aromatic rings. The zero-order valence-electron chi connectivity index (χ0n) is 17.7. The molecule has 0 bridgehead atoms. The Kier molecular flexibility index (Phi) is 14.2. The first-order valence-corrected chi connectivity index (χ1v) is 11.2. The molecule has 0 saturated carbocycles. The number of thioether (sulfide) groups is 1. The van der Waals surface area contributed by atoms with Gasteiger partial charge in [-0.05, 0) is 35.1 Å². The zero-order chi connectivity index (χ0) is 22.9. The van der Waals surface area contributed by atoms with Crippen LogP contribution in [0.15, 0.2) is 79.7 Å². The van der Waals surface area contributed by atoms with Crippen LogP contribution in [0.1, 0.15) is 22.8 Å². The van der Waals surface area contributed by atoms with Gasteiger partial charge in [-0.3, -0.25) is 4.98 Å². The van der Waals surface area contributed by atoms with Gasteiger partial charge in [0.15, 0.2) is 6.29 Å². The number of hydrogen-bond donors (Lipinski definition) is 3. The molecule has 2 rings (SSSR count). The minimum absolute atomic E-state index is 0.232. The molecule has 5 nitrogen and oxygen atoms in total. The Hall–Kier alpha value is -2.29. The van der Waals surface area contributed by atoms with Crippen molar-refractivity contribution in [3.05, 3.63) is 102 Å². The lowest BCUT2D eigenvalue weighted by Crippen LogP contribution is -2.10. The molecule has 0 radical (unpaired) electrons. The number of aromatic nitrogens is 1. The van der Waals surface area contributed by atoms with Crippen LogP contribution in [0.4, 0.5) is 4.39 Å². The van der Waals surface area contributed by atoms with E-state index >= 15 is 0 Å². The summed E-state index contributed by atoms with van der Waals surface area (Å²) < 4.78 is 18.4. The van der Waals surface area contributed by atoms with Crippen molar-refractivity contribution in [1.29, 1.82) is 0 Å². The highest BCUT2D eigenvalue weighted by atomic mass is 32.2. The largest absolute Gasteiger partial charge is 0.388 e. The normalized spacial score (nSPS) is 13.1. The molecular formula is C24H31FN2O3S. The first-order valence-electron chi connectivity index (χ1n) is 9.81. The van der Waals surface area contributed by atoms with Gasteiger partial charge in [-0.25, -0.2) is 4.39 Å². The third-order valence-corrected chi connectivity index (χ3v) is 4.65. The highest BCUT2D eigenvalue weighted by molar-refractivity contribution is 7.98. The van der Waals surface area contributed by atoms with Crippen LogP contribution in [0.3, 0.4) is 0 Å². The quantitative estimate of drug-likeness (QED) is 0.275. The first-order chi connectivity index (χ1) is 15.0. The second-order valence-corrected chi connectivity index (χ2v) is 7.38. The summed E-state index contributed by atoms with van der Waals surface area (Å²) in [7, 11) is 0. The van der Waals surface area contributed by atoms with E-state index in [0.29, 0.717) is 18.7 Å². The molecule has 0 aliphatic heterocycles. The Morgan fingerprint density at radius 1 is 1.19 bits per heavy atom. The van der Waals surface area contributed by atoms with Crippen molar-refractivity contribution in [3.8, 4) is 0 Å². The summed E-state index contributed by atoms with van der Waals surface area (Å²) in [5, 5.41) is 19.2. The number of ether oxygens (including phenoxy) is 1. The predicted octanol–water partition coefficient (Wildman–Crippen LogP) is 3.94. The van der Waals surface area contributed by atoms with E-state index in [1.165, 1.54) is 6.20 Å². The van der Waals surface area contributed by atoms with Crippen LogP contribution in [-0.2, 0) is 17.7 Å². The van der Waals surface area contributed by atoms with Crippen molar-refractivity contribution in [2.24, 2.45) is 5.73 Å². The number of rotatable bonds is 11. The Morgan fingerprint density at radius 2 is 1.94 bits per heavy atom. The molecule has 7 heteroatoms. The third-order valence-electron chi connectivity index (χ3n) is 4.08. The van der Waals surface area contributed by atoms with E-state index in [-0.39, 0.29) is 6.42 Å². The minimum atomic E-state index is -0.804. The summed E-state index contributed by atoms with van der Waals surface area (Å²) in [5.74, 6) is 0.503. The number of halogens is 1. The van der Waals surface area contributed by atoms with Gasteiger partial charge >= 0.3 is 0 Å². The Labute approximate surface area is 188 Å². The van der Waals surface area contributed by atoms with Gasteiger partial charge in [0.25, 0.3) is 0 Å². The van der Waals surface area contributed by atoms with Crippen molar-refractivity contribution in [3.63, 3.8) is 0 Å². The number of pyridine rings is 1. The number of allylic oxidation sites excluding steroid dienone is 4. The fourth-order valence-corrected chi connectivity index (χ4v) is 2.64. The van der Waals surface area contributed by atoms with Crippen molar-refractivity contribution >= 4 is 11.8 Å². The fraction of sp³-hybridized carbons (Fsp3) is 0.292. The lowest BCUT2D eigenvalue weighted by molar-refractivity contribution is -0.0575. The summed E-state index contributed by atoms with van der Waals surface area (Å²) in [6, 6.07) is 8.92. The van der Waals surface area contributed by atoms with Crippen LogP contribution < -0.4 is 5.73 Å². The maximum absolute atomic E-state index is 13.4. The van der Waals surface area contributed by atoms with Crippen LogP contribution in [0.25, 0.3) is 0 Å². The van der Waals surface area contributed by atoms with Gasteiger partial charge in [0, 0.05) is 24.9 Å². The Morgan fingerprint density at radius 3 is 2.55 bits per heavy atom. The van der Waals surface area contributed by atoms with Crippen molar-refractivity contribution < 1.29 is 19.3 Å². The summed E-state index contributed by atoms with van der Waals surface area (Å²) in [5.41, 5.74) is 7.71. The van der Waals surface area contributed by atoms with Crippen LogP contribution in [0.2, 0.25) is 0 Å². The number of hydrogen-bond acceptors (Lipinski definition) is 6. The average Bonchev–Trinajstić information content (AvgIpc) is 2.79. The Bertz CT molecular complexity index is 813. The smallest absolute Gasteiger partial charge is 0.174 e. The molecule has 2 atom stereocenters. The third kappa shape index (κ3) is 11.6. The number of aliphatic hydroxyl groups is 2. The van der Waals surface area contributed by atoms with Gasteiger partial charge < -0.3 is 20.7 Å². The molecule has 4 N–H and O–H groups in total. The van der Waals surface area contributed by atoms with E-state index in [9.17, 15) is 14.6 Å². The summed E-state index contributed by atoms with van der Waals surface area (Å²) in [4.78, 5) is 3.68. The highest BCUT2D eigenvalue weighted by Crippen LogP contribution is 2.20. The monoisotopic (exact) mass is 446 g/mol. The maximum atomic E-state index is 13.4. The summed E-state index contributed by atoms with van der Waals surface area (Å²) in [6.45, 7) is 4.56. The molecule has 0 aliphatic rings. The number of nitrogens with zero attached hydrogens (tertiary/aromatic N) is 1. The SMILES string of the molecule is C=C/C=C\C=C\C(O)OCCSC.NCc1ccc(C(O)Cc2ccncc2F)cc1.